The Balaban J connectivity index is 1.79. The number of carbonyl (C=O) groups is 1. The molecule has 0 aromatic carbocycles. The third-order valence-corrected chi connectivity index (χ3v) is 8.99. The Bertz CT molecular complexity index is 723. The number of fused-ring (bicyclic) bond motifs is 5. The van der Waals surface area contributed by atoms with E-state index >= 15 is 0 Å². The molecule has 0 radical (unpaired) electrons. The second-order valence-electron chi connectivity index (χ2n) is 10.2. The van der Waals surface area contributed by atoms with Crippen LogP contribution in [0, 0.1) is 46.5 Å². The number of nitrogens with zero attached hydrogens (tertiary/aromatic N) is 1. The third-order valence-electron chi connectivity index (χ3n) is 8.99. The molecule has 4 aliphatic carbocycles. The van der Waals surface area contributed by atoms with Crippen LogP contribution in [0.4, 0.5) is 0 Å². The van der Waals surface area contributed by atoms with Gasteiger partial charge in [-0.15, -0.1) is 0 Å². The first-order valence-electron chi connectivity index (χ1n) is 9.99. The summed E-state index contributed by atoms with van der Waals surface area (Å²) in [7, 11) is 0. The van der Waals surface area contributed by atoms with Gasteiger partial charge in [-0.05, 0) is 73.0 Å². The van der Waals surface area contributed by atoms with Gasteiger partial charge < -0.3 is 4.79 Å². The highest BCUT2D eigenvalue weighted by molar-refractivity contribution is 6.02. The Morgan fingerprint density at radius 2 is 1.84 bits per heavy atom. The molecule has 0 spiro atoms. The molecule has 0 saturated heterocycles. The Kier molecular flexibility index (Phi) is 3.48. The maximum absolute atomic E-state index is 12.8. The van der Waals surface area contributed by atoms with Crippen molar-refractivity contribution in [3.05, 3.63) is 35.3 Å². The molecule has 4 aliphatic rings. The summed E-state index contributed by atoms with van der Waals surface area (Å²) in [5.74, 6) is 2.53. The standard InChI is InChI=1S/C23H31NO/c1-14-7-9-16-15-8-10-19-21(2,3)20(25)18(24-6)13-23(19,5)17(15)11-12-22(14,16)4/h13,15-17,19H,1,7-12H2,2-5H3/t15?,16?,17?,19?,22-,23-/m1/s1. The molecule has 0 N–H and O–H groups in total. The molecule has 0 heterocycles. The predicted molar refractivity (Wildman–Crippen MR) is 100 cm³/mol. The predicted octanol–water partition coefficient (Wildman–Crippen LogP) is 5.81. The smallest absolute Gasteiger partial charge is 0.226 e. The van der Waals surface area contributed by atoms with Crippen molar-refractivity contribution in [2.75, 3.05) is 0 Å². The third kappa shape index (κ3) is 1.99. The van der Waals surface area contributed by atoms with E-state index in [0.717, 1.165) is 18.3 Å². The first kappa shape index (κ1) is 17.1. The van der Waals surface area contributed by atoms with Crippen LogP contribution in [0.3, 0.4) is 0 Å². The van der Waals surface area contributed by atoms with Crippen molar-refractivity contribution in [3.63, 3.8) is 0 Å². The van der Waals surface area contributed by atoms with Crippen molar-refractivity contribution in [2.45, 2.75) is 66.2 Å². The quantitative estimate of drug-likeness (QED) is 0.403. The van der Waals surface area contributed by atoms with E-state index in [0.29, 0.717) is 22.9 Å². The Morgan fingerprint density at radius 3 is 2.52 bits per heavy atom. The number of ketones is 1. The summed E-state index contributed by atoms with van der Waals surface area (Å²) in [6, 6.07) is 0. The van der Waals surface area contributed by atoms with Gasteiger partial charge in [0.1, 0.15) is 0 Å². The maximum atomic E-state index is 12.8. The number of rotatable bonds is 0. The zero-order valence-electron chi connectivity index (χ0n) is 16.2. The first-order valence-corrected chi connectivity index (χ1v) is 9.99. The second-order valence-corrected chi connectivity index (χ2v) is 10.2. The van der Waals surface area contributed by atoms with Crippen molar-refractivity contribution in [1.29, 1.82) is 0 Å². The van der Waals surface area contributed by atoms with Gasteiger partial charge in [0, 0.05) is 5.41 Å². The van der Waals surface area contributed by atoms with Crippen LogP contribution in [0.1, 0.15) is 66.2 Å². The van der Waals surface area contributed by atoms with Crippen LogP contribution in [-0.4, -0.2) is 5.78 Å². The summed E-state index contributed by atoms with van der Waals surface area (Å²) >= 11 is 0. The fourth-order valence-electron chi connectivity index (χ4n) is 7.58. The lowest BCUT2D eigenvalue weighted by molar-refractivity contribution is -0.140. The molecule has 0 aliphatic heterocycles. The molecule has 25 heavy (non-hydrogen) atoms. The van der Waals surface area contributed by atoms with Crippen LogP contribution in [0.25, 0.3) is 4.85 Å². The summed E-state index contributed by atoms with van der Waals surface area (Å²) in [4.78, 5) is 16.5. The van der Waals surface area contributed by atoms with E-state index in [-0.39, 0.29) is 11.2 Å². The van der Waals surface area contributed by atoms with Crippen LogP contribution in [0.2, 0.25) is 0 Å². The number of carbonyl (C=O) groups excluding carboxylic acids is 1. The number of Topliss-reactive ketones (excluding diaryl/α,β-unsaturated/α-hetero) is 1. The number of hydrogen-bond acceptors (Lipinski definition) is 1. The van der Waals surface area contributed by atoms with Crippen LogP contribution >= 0.6 is 0 Å². The Morgan fingerprint density at radius 1 is 1.12 bits per heavy atom. The molecule has 0 aromatic heterocycles. The lowest BCUT2D eigenvalue weighted by Crippen LogP contribution is -2.56. The van der Waals surface area contributed by atoms with E-state index in [1.165, 1.54) is 37.7 Å². The average molecular weight is 338 g/mol. The molecule has 3 fully saturated rings. The molecule has 2 heteroatoms. The van der Waals surface area contributed by atoms with E-state index in [1.807, 2.05) is 0 Å². The molecule has 3 saturated carbocycles. The maximum Gasteiger partial charge on any atom is 0.226 e. The van der Waals surface area contributed by atoms with E-state index in [9.17, 15) is 4.79 Å². The minimum absolute atomic E-state index is 0.00847. The number of allylic oxidation sites excluding steroid dienone is 3. The second kappa shape index (κ2) is 5.09. The first-order chi connectivity index (χ1) is 11.7. The summed E-state index contributed by atoms with van der Waals surface area (Å²) < 4.78 is 0. The zero-order valence-corrected chi connectivity index (χ0v) is 16.2. The van der Waals surface area contributed by atoms with Gasteiger partial charge in [0.25, 0.3) is 0 Å². The van der Waals surface area contributed by atoms with Gasteiger partial charge in [-0.25, -0.2) is 4.85 Å². The fourth-order valence-corrected chi connectivity index (χ4v) is 7.58. The van der Waals surface area contributed by atoms with Crippen molar-refractivity contribution < 1.29 is 4.79 Å². The van der Waals surface area contributed by atoms with E-state index in [1.54, 1.807) is 0 Å². The topological polar surface area (TPSA) is 21.4 Å². The van der Waals surface area contributed by atoms with Crippen molar-refractivity contribution in [1.82, 2.24) is 0 Å². The largest absolute Gasteiger partial charge is 0.307 e. The molecular weight excluding hydrogens is 306 g/mol. The SMILES string of the molecule is [C-]#[N+]C1=C[C@]2(C)C3CC[C@]4(C)C(=C)CCC4C3CCC2C(C)(C)C1=O. The molecule has 2 nitrogen and oxygen atoms in total. The molecule has 4 rings (SSSR count). The Labute approximate surface area is 152 Å². The van der Waals surface area contributed by atoms with E-state index < -0.39 is 5.41 Å². The van der Waals surface area contributed by atoms with Gasteiger partial charge >= 0.3 is 0 Å². The molecular formula is C23H31NO. The van der Waals surface area contributed by atoms with E-state index in [4.69, 9.17) is 6.57 Å². The minimum atomic E-state index is -0.408. The lowest BCUT2D eigenvalue weighted by Gasteiger charge is -2.61. The van der Waals surface area contributed by atoms with Crippen LogP contribution in [-0.2, 0) is 4.79 Å². The summed E-state index contributed by atoms with van der Waals surface area (Å²) in [6.07, 6.45) is 9.40. The highest BCUT2D eigenvalue weighted by atomic mass is 16.1. The molecule has 0 bridgehead atoms. The monoisotopic (exact) mass is 337 g/mol. The number of hydrogen-bond donors (Lipinski definition) is 0. The van der Waals surface area contributed by atoms with Crippen molar-refractivity contribution in [2.24, 2.45) is 39.9 Å². The van der Waals surface area contributed by atoms with Crippen molar-refractivity contribution >= 4 is 5.78 Å². The normalized spacial score (nSPS) is 48.0. The molecule has 0 aromatic rings. The average Bonchev–Trinajstić information content (AvgIpc) is 2.86. The van der Waals surface area contributed by atoms with Crippen LogP contribution < -0.4 is 0 Å². The van der Waals surface area contributed by atoms with Gasteiger partial charge in [0.05, 0.1) is 6.57 Å². The highest BCUT2D eigenvalue weighted by Gasteiger charge is 2.62. The molecule has 6 atom stereocenters. The van der Waals surface area contributed by atoms with E-state index in [2.05, 4.69) is 45.2 Å². The Hall–Kier alpha value is -1.36. The van der Waals surface area contributed by atoms with Gasteiger partial charge in [0.2, 0.25) is 5.70 Å². The van der Waals surface area contributed by atoms with Crippen LogP contribution in [0.15, 0.2) is 23.9 Å². The van der Waals surface area contributed by atoms with Crippen molar-refractivity contribution in [3.8, 4) is 0 Å². The molecule has 134 valence electrons. The zero-order chi connectivity index (χ0) is 18.2. The van der Waals surface area contributed by atoms with Crippen LogP contribution in [0.5, 0.6) is 0 Å². The lowest BCUT2D eigenvalue weighted by atomic mass is 9.43. The van der Waals surface area contributed by atoms with Gasteiger partial charge in [-0.1, -0.05) is 45.9 Å². The van der Waals surface area contributed by atoms with Gasteiger partial charge in [0.15, 0.2) is 5.78 Å². The molecule has 0 amide bonds. The summed E-state index contributed by atoms with van der Waals surface area (Å²) in [5.41, 5.74) is 1.78. The summed E-state index contributed by atoms with van der Waals surface area (Å²) in [6.45, 7) is 20.9. The minimum Gasteiger partial charge on any atom is -0.307 e. The van der Waals surface area contributed by atoms with Gasteiger partial charge in [-0.3, -0.25) is 0 Å². The van der Waals surface area contributed by atoms with Gasteiger partial charge in [-0.2, -0.15) is 0 Å². The fraction of sp³-hybridized carbons (Fsp3) is 0.739. The molecule has 4 unspecified atom stereocenters. The summed E-state index contributed by atoms with van der Waals surface area (Å²) in [5, 5.41) is 0. The highest BCUT2D eigenvalue weighted by Crippen LogP contribution is 2.68.